The van der Waals surface area contributed by atoms with Crippen molar-refractivity contribution in [1.29, 1.82) is 0 Å². The summed E-state index contributed by atoms with van der Waals surface area (Å²) in [6.07, 6.45) is 0. The summed E-state index contributed by atoms with van der Waals surface area (Å²) in [7, 11) is 3.50. The van der Waals surface area contributed by atoms with Gasteiger partial charge >= 0.3 is 0 Å². The molecular formula is C12H15NO. The Hall–Kier alpha value is -1.57. The number of benzene rings is 1. The van der Waals surface area contributed by atoms with E-state index in [4.69, 9.17) is 0 Å². The van der Waals surface area contributed by atoms with Crippen LogP contribution in [0.2, 0.25) is 0 Å². The molecule has 1 aromatic rings. The second kappa shape index (κ2) is 4.09. The highest BCUT2D eigenvalue weighted by Crippen LogP contribution is 2.17. The van der Waals surface area contributed by atoms with Gasteiger partial charge < -0.3 is 4.90 Å². The zero-order valence-corrected chi connectivity index (χ0v) is 8.87. The van der Waals surface area contributed by atoms with Crippen molar-refractivity contribution in [3.63, 3.8) is 0 Å². The molecule has 0 aliphatic rings. The first-order chi connectivity index (χ1) is 6.54. The molecule has 0 saturated carbocycles. The van der Waals surface area contributed by atoms with E-state index in [0.29, 0.717) is 5.56 Å². The zero-order chi connectivity index (χ0) is 10.7. The molecule has 0 N–H and O–H groups in total. The fourth-order valence-corrected chi connectivity index (χ4v) is 1.28. The van der Waals surface area contributed by atoms with Gasteiger partial charge in [0, 0.05) is 19.7 Å². The van der Waals surface area contributed by atoms with Crippen LogP contribution in [0.5, 0.6) is 0 Å². The van der Waals surface area contributed by atoms with Gasteiger partial charge in [0.25, 0.3) is 5.91 Å². The normalized spacial score (nSPS) is 9.64. The van der Waals surface area contributed by atoms with Crippen LogP contribution < -0.4 is 0 Å². The maximum atomic E-state index is 11.8. The molecule has 0 radical (unpaired) electrons. The van der Waals surface area contributed by atoms with Crippen LogP contribution in [0, 0.1) is 0 Å². The van der Waals surface area contributed by atoms with Crippen LogP contribution in [0.4, 0.5) is 0 Å². The predicted octanol–water partition coefficient (Wildman–Crippen LogP) is 2.42. The SMILES string of the molecule is C=C(C)c1ccccc1C(=O)N(C)C. The van der Waals surface area contributed by atoms with E-state index < -0.39 is 0 Å². The summed E-state index contributed by atoms with van der Waals surface area (Å²) >= 11 is 0. The smallest absolute Gasteiger partial charge is 0.253 e. The fraction of sp³-hybridized carbons (Fsp3) is 0.250. The average Bonchev–Trinajstić information content (AvgIpc) is 2.16. The summed E-state index contributed by atoms with van der Waals surface area (Å²) in [4.78, 5) is 13.3. The van der Waals surface area contributed by atoms with Crippen LogP contribution in [0.25, 0.3) is 5.57 Å². The number of hydrogen-bond acceptors (Lipinski definition) is 1. The van der Waals surface area contributed by atoms with E-state index in [2.05, 4.69) is 6.58 Å². The van der Waals surface area contributed by atoms with E-state index in [0.717, 1.165) is 11.1 Å². The van der Waals surface area contributed by atoms with Crippen molar-refractivity contribution in [3.05, 3.63) is 42.0 Å². The number of amides is 1. The topological polar surface area (TPSA) is 20.3 Å². The molecule has 0 atom stereocenters. The molecule has 0 spiro atoms. The highest BCUT2D eigenvalue weighted by molar-refractivity contribution is 5.98. The Labute approximate surface area is 84.9 Å². The monoisotopic (exact) mass is 189 g/mol. The van der Waals surface area contributed by atoms with Crippen LogP contribution >= 0.6 is 0 Å². The third-order valence-corrected chi connectivity index (χ3v) is 2.02. The molecule has 0 unspecified atom stereocenters. The number of carbonyl (C=O) groups is 1. The molecule has 14 heavy (non-hydrogen) atoms. The number of rotatable bonds is 2. The highest BCUT2D eigenvalue weighted by atomic mass is 16.2. The van der Waals surface area contributed by atoms with Crippen LogP contribution in [0.1, 0.15) is 22.8 Å². The quantitative estimate of drug-likeness (QED) is 0.699. The lowest BCUT2D eigenvalue weighted by Gasteiger charge is -2.13. The lowest BCUT2D eigenvalue weighted by Crippen LogP contribution is -2.22. The lowest BCUT2D eigenvalue weighted by atomic mass is 10.0. The van der Waals surface area contributed by atoms with Crippen molar-refractivity contribution in [2.75, 3.05) is 14.1 Å². The van der Waals surface area contributed by atoms with Gasteiger partial charge in [-0.25, -0.2) is 0 Å². The van der Waals surface area contributed by atoms with Gasteiger partial charge in [-0.15, -0.1) is 0 Å². The van der Waals surface area contributed by atoms with Crippen LogP contribution in [-0.2, 0) is 0 Å². The minimum Gasteiger partial charge on any atom is -0.345 e. The maximum absolute atomic E-state index is 11.8. The van der Waals surface area contributed by atoms with Gasteiger partial charge in [-0.05, 0) is 18.6 Å². The van der Waals surface area contributed by atoms with Crippen LogP contribution in [0.3, 0.4) is 0 Å². The number of nitrogens with zero attached hydrogens (tertiary/aromatic N) is 1. The average molecular weight is 189 g/mol. The minimum absolute atomic E-state index is 0.0172. The molecule has 0 bridgehead atoms. The summed E-state index contributed by atoms with van der Waals surface area (Å²) in [5.74, 6) is 0.0172. The summed E-state index contributed by atoms with van der Waals surface area (Å²) in [6, 6.07) is 7.52. The molecule has 2 heteroatoms. The first-order valence-corrected chi connectivity index (χ1v) is 4.50. The zero-order valence-electron chi connectivity index (χ0n) is 8.87. The Morgan fingerprint density at radius 2 is 1.71 bits per heavy atom. The Kier molecular flexibility index (Phi) is 3.07. The van der Waals surface area contributed by atoms with Crippen molar-refractivity contribution in [3.8, 4) is 0 Å². The fourth-order valence-electron chi connectivity index (χ4n) is 1.28. The molecule has 0 aliphatic heterocycles. The number of carbonyl (C=O) groups excluding carboxylic acids is 1. The maximum Gasteiger partial charge on any atom is 0.253 e. The van der Waals surface area contributed by atoms with Gasteiger partial charge in [-0.2, -0.15) is 0 Å². The van der Waals surface area contributed by atoms with E-state index in [9.17, 15) is 4.79 Å². The number of allylic oxidation sites excluding steroid dienone is 1. The van der Waals surface area contributed by atoms with Crippen LogP contribution in [0.15, 0.2) is 30.8 Å². The largest absolute Gasteiger partial charge is 0.345 e. The second-order valence-electron chi connectivity index (χ2n) is 3.53. The second-order valence-corrected chi connectivity index (χ2v) is 3.53. The van der Waals surface area contributed by atoms with Gasteiger partial charge in [0.15, 0.2) is 0 Å². The van der Waals surface area contributed by atoms with Gasteiger partial charge in [-0.1, -0.05) is 30.4 Å². The Morgan fingerprint density at radius 3 is 2.14 bits per heavy atom. The van der Waals surface area contributed by atoms with E-state index in [1.165, 1.54) is 0 Å². The molecule has 1 rings (SSSR count). The summed E-state index contributed by atoms with van der Waals surface area (Å²) < 4.78 is 0. The minimum atomic E-state index is 0.0172. The Balaban J connectivity index is 3.20. The Morgan fingerprint density at radius 1 is 1.21 bits per heavy atom. The standard InChI is InChI=1S/C12H15NO/c1-9(2)10-7-5-6-8-11(10)12(14)13(3)4/h5-8H,1H2,2-4H3. The number of hydrogen-bond donors (Lipinski definition) is 0. The van der Waals surface area contributed by atoms with Crippen molar-refractivity contribution in [2.45, 2.75) is 6.92 Å². The third-order valence-electron chi connectivity index (χ3n) is 2.02. The van der Waals surface area contributed by atoms with Crippen molar-refractivity contribution in [2.24, 2.45) is 0 Å². The molecule has 0 aliphatic carbocycles. The molecule has 0 aromatic heterocycles. The van der Waals surface area contributed by atoms with Gasteiger partial charge in [-0.3, -0.25) is 4.79 Å². The lowest BCUT2D eigenvalue weighted by molar-refractivity contribution is 0.0827. The molecule has 0 fully saturated rings. The predicted molar refractivity (Wildman–Crippen MR) is 59.2 cm³/mol. The highest BCUT2D eigenvalue weighted by Gasteiger charge is 2.12. The van der Waals surface area contributed by atoms with E-state index in [1.807, 2.05) is 31.2 Å². The Bertz CT molecular complexity index is 366. The third kappa shape index (κ3) is 2.02. The van der Waals surface area contributed by atoms with Crippen LogP contribution in [-0.4, -0.2) is 24.9 Å². The molecule has 1 aromatic carbocycles. The van der Waals surface area contributed by atoms with Gasteiger partial charge in [0.2, 0.25) is 0 Å². The molecule has 74 valence electrons. The molecule has 1 amide bonds. The first-order valence-electron chi connectivity index (χ1n) is 4.50. The van der Waals surface area contributed by atoms with Gasteiger partial charge in [0.05, 0.1) is 0 Å². The summed E-state index contributed by atoms with van der Waals surface area (Å²) in [5, 5.41) is 0. The summed E-state index contributed by atoms with van der Waals surface area (Å²) in [6.45, 7) is 5.76. The molecular weight excluding hydrogens is 174 g/mol. The first kappa shape index (κ1) is 10.5. The van der Waals surface area contributed by atoms with E-state index in [1.54, 1.807) is 19.0 Å². The van der Waals surface area contributed by atoms with E-state index >= 15 is 0 Å². The van der Waals surface area contributed by atoms with Gasteiger partial charge in [0.1, 0.15) is 0 Å². The van der Waals surface area contributed by atoms with Crippen molar-refractivity contribution >= 4 is 11.5 Å². The summed E-state index contributed by atoms with van der Waals surface area (Å²) in [5.41, 5.74) is 2.55. The molecule has 0 heterocycles. The van der Waals surface area contributed by atoms with Crippen molar-refractivity contribution < 1.29 is 4.79 Å². The molecule has 2 nitrogen and oxygen atoms in total. The molecule has 0 saturated heterocycles. The van der Waals surface area contributed by atoms with E-state index in [-0.39, 0.29) is 5.91 Å². The van der Waals surface area contributed by atoms with Crippen molar-refractivity contribution in [1.82, 2.24) is 4.90 Å².